The topological polar surface area (TPSA) is 46.9 Å². The number of nitrogens with one attached hydrogen (secondary N) is 1. The minimum Gasteiger partial charge on any atom is -0.361 e. The van der Waals surface area contributed by atoms with E-state index in [1.165, 1.54) is 13.0 Å². The number of alkyl halides is 6. The Hall–Kier alpha value is -2.69. The molecule has 1 aliphatic carbocycles. The minimum absolute atomic E-state index is 0.0191. The number of thioether (sulfide) groups is 1. The van der Waals surface area contributed by atoms with Crippen molar-refractivity contribution in [3.63, 3.8) is 0 Å². The molecule has 0 saturated carbocycles. The number of rotatable bonds is 2. The Morgan fingerprint density at radius 2 is 1.79 bits per heavy atom. The standard InChI is InChI=1S/C23H19F6N3OS/c1-11-5-6-12(9-15(11)32-18(23(27,28)29)10-17(31-32)22(24,25)26)19-20-13(3-2-4-16(20)33)30-14-7-8-34-21(14)19/h5-6,9-10,19,30H,2-4,7-8H2,1H3. The normalized spacial score (nSPS) is 21.0. The lowest BCUT2D eigenvalue weighted by Gasteiger charge is -2.33. The molecule has 11 heteroatoms. The van der Waals surface area contributed by atoms with Gasteiger partial charge in [0.2, 0.25) is 0 Å². The Labute approximate surface area is 195 Å². The Balaban J connectivity index is 1.69. The summed E-state index contributed by atoms with van der Waals surface area (Å²) in [6, 6.07) is 4.75. The van der Waals surface area contributed by atoms with Gasteiger partial charge in [0, 0.05) is 46.0 Å². The molecule has 5 rings (SSSR count). The minimum atomic E-state index is -5.04. The van der Waals surface area contributed by atoms with Crippen LogP contribution in [0.15, 0.2) is 46.1 Å². The second kappa shape index (κ2) is 7.93. The summed E-state index contributed by atoms with van der Waals surface area (Å²) in [5, 5.41) is 6.67. The highest BCUT2D eigenvalue weighted by Gasteiger charge is 2.43. The molecule has 1 atom stereocenters. The van der Waals surface area contributed by atoms with Gasteiger partial charge >= 0.3 is 12.4 Å². The van der Waals surface area contributed by atoms with Crippen LogP contribution in [0.3, 0.4) is 0 Å². The Morgan fingerprint density at radius 1 is 1.03 bits per heavy atom. The summed E-state index contributed by atoms with van der Waals surface area (Å²) in [5.41, 5.74) is 0.0982. The van der Waals surface area contributed by atoms with E-state index in [1.807, 2.05) is 0 Å². The lowest BCUT2D eigenvalue weighted by atomic mass is 9.79. The van der Waals surface area contributed by atoms with Gasteiger partial charge in [-0.3, -0.25) is 4.79 Å². The van der Waals surface area contributed by atoms with Gasteiger partial charge in [-0.05, 0) is 43.4 Å². The largest absolute Gasteiger partial charge is 0.435 e. The number of hydrogen-bond donors (Lipinski definition) is 1. The molecular weight excluding hydrogens is 480 g/mol. The molecule has 3 heterocycles. The van der Waals surface area contributed by atoms with Crippen LogP contribution in [0.4, 0.5) is 26.3 Å². The molecule has 3 aliphatic rings. The predicted octanol–water partition coefficient (Wildman–Crippen LogP) is 6.26. The summed E-state index contributed by atoms with van der Waals surface area (Å²) in [6.07, 6.45) is -7.49. The van der Waals surface area contributed by atoms with E-state index in [4.69, 9.17) is 0 Å². The van der Waals surface area contributed by atoms with E-state index in [0.29, 0.717) is 34.2 Å². The maximum Gasteiger partial charge on any atom is 0.435 e. The number of allylic oxidation sites excluding steroid dienone is 4. The summed E-state index contributed by atoms with van der Waals surface area (Å²) in [4.78, 5) is 13.8. The highest BCUT2D eigenvalue weighted by molar-refractivity contribution is 8.03. The van der Waals surface area contributed by atoms with Gasteiger partial charge in [-0.1, -0.05) is 12.1 Å². The molecule has 1 unspecified atom stereocenters. The smallest absolute Gasteiger partial charge is 0.361 e. The first-order chi connectivity index (χ1) is 15.9. The summed E-state index contributed by atoms with van der Waals surface area (Å²) in [5.74, 6) is 0.334. The quantitative estimate of drug-likeness (QED) is 0.496. The number of hydrogen-bond acceptors (Lipinski definition) is 4. The van der Waals surface area contributed by atoms with Crippen LogP contribution in [0, 0.1) is 6.92 Å². The number of Topliss-reactive ketones (excluding diaryl/α,β-unsaturated/α-hetero) is 1. The summed E-state index contributed by atoms with van der Waals surface area (Å²) in [6.45, 7) is 1.52. The van der Waals surface area contributed by atoms with Gasteiger partial charge < -0.3 is 5.32 Å². The fraction of sp³-hybridized carbons (Fsp3) is 0.391. The first kappa shape index (κ1) is 23.1. The molecule has 0 radical (unpaired) electrons. The van der Waals surface area contributed by atoms with Crippen molar-refractivity contribution in [3.8, 4) is 5.69 Å². The van der Waals surface area contributed by atoms with Crippen LogP contribution in [0.5, 0.6) is 0 Å². The summed E-state index contributed by atoms with van der Waals surface area (Å²) < 4.78 is 81.0. The van der Waals surface area contributed by atoms with Gasteiger partial charge in [-0.2, -0.15) is 31.4 Å². The van der Waals surface area contributed by atoms with Crippen LogP contribution in [0.2, 0.25) is 0 Å². The SMILES string of the molecule is Cc1ccc(C2C3=C(CCS3)NC3=C2C(=O)CCC3)cc1-n1nc(C(F)(F)F)cc1C(F)(F)F. The number of ketones is 1. The van der Waals surface area contributed by atoms with E-state index in [0.717, 1.165) is 34.9 Å². The Kier molecular flexibility index (Phi) is 5.38. The molecule has 1 aromatic carbocycles. The zero-order valence-corrected chi connectivity index (χ0v) is 18.7. The van der Waals surface area contributed by atoms with E-state index in [2.05, 4.69) is 10.4 Å². The fourth-order valence-corrected chi connectivity index (χ4v) is 6.03. The molecule has 34 heavy (non-hydrogen) atoms. The van der Waals surface area contributed by atoms with Crippen molar-refractivity contribution in [1.29, 1.82) is 0 Å². The lowest BCUT2D eigenvalue weighted by Crippen LogP contribution is -2.30. The molecule has 0 bridgehead atoms. The van der Waals surface area contributed by atoms with Gasteiger partial charge in [0.1, 0.15) is 5.69 Å². The highest BCUT2D eigenvalue weighted by Crippen LogP contribution is 2.50. The molecule has 180 valence electrons. The Morgan fingerprint density at radius 3 is 2.50 bits per heavy atom. The van der Waals surface area contributed by atoms with Gasteiger partial charge in [0.25, 0.3) is 0 Å². The predicted molar refractivity (Wildman–Crippen MR) is 114 cm³/mol. The number of carbonyl (C=O) groups is 1. The number of nitrogens with zero attached hydrogens (tertiary/aromatic N) is 2. The average Bonchev–Trinajstić information content (AvgIpc) is 3.40. The van der Waals surface area contributed by atoms with Crippen molar-refractivity contribution in [1.82, 2.24) is 15.1 Å². The van der Waals surface area contributed by atoms with Crippen molar-refractivity contribution in [2.75, 3.05) is 5.75 Å². The number of carbonyl (C=O) groups excluding carboxylic acids is 1. The van der Waals surface area contributed by atoms with Crippen LogP contribution < -0.4 is 5.32 Å². The van der Waals surface area contributed by atoms with E-state index in [9.17, 15) is 31.1 Å². The average molecular weight is 499 g/mol. The second-order valence-corrected chi connectivity index (χ2v) is 9.67. The molecule has 1 N–H and O–H groups in total. The van der Waals surface area contributed by atoms with Crippen molar-refractivity contribution in [2.24, 2.45) is 0 Å². The molecule has 4 nitrogen and oxygen atoms in total. The zero-order valence-electron chi connectivity index (χ0n) is 17.9. The summed E-state index contributed by atoms with van der Waals surface area (Å²) in [7, 11) is 0. The van der Waals surface area contributed by atoms with Crippen LogP contribution >= 0.6 is 11.8 Å². The third-order valence-electron chi connectivity index (χ3n) is 6.30. The van der Waals surface area contributed by atoms with E-state index < -0.39 is 29.7 Å². The van der Waals surface area contributed by atoms with Crippen LogP contribution in [-0.2, 0) is 17.1 Å². The third-order valence-corrected chi connectivity index (χ3v) is 7.50. The zero-order chi connectivity index (χ0) is 24.4. The van der Waals surface area contributed by atoms with E-state index in [1.54, 1.807) is 23.9 Å². The monoisotopic (exact) mass is 499 g/mol. The van der Waals surface area contributed by atoms with Crippen LogP contribution in [-0.4, -0.2) is 21.3 Å². The van der Waals surface area contributed by atoms with Gasteiger partial charge in [0.15, 0.2) is 11.5 Å². The van der Waals surface area contributed by atoms with Crippen molar-refractivity contribution < 1.29 is 31.1 Å². The van der Waals surface area contributed by atoms with Gasteiger partial charge in [0.05, 0.1) is 5.69 Å². The number of dihydropyridines is 1. The van der Waals surface area contributed by atoms with Crippen molar-refractivity contribution in [2.45, 2.75) is 50.9 Å². The fourth-order valence-electron chi connectivity index (χ4n) is 4.75. The first-order valence-corrected chi connectivity index (χ1v) is 11.7. The molecule has 0 amide bonds. The number of halogens is 6. The molecule has 0 spiro atoms. The van der Waals surface area contributed by atoms with Crippen LogP contribution in [0.25, 0.3) is 5.69 Å². The van der Waals surface area contributed by atoms with Crippen LogP contribution in [0.1, 0.15) is 54.1 Å². The van der Waals surface area contributed by atoms with Gasteiger partial charge in [-0.15, -0.1) is 11.8 Å². The maximum atomic E-state index is 13.7. The molecule has 2 aliphatic heterocycles. The maximum absolute atomic E-state index is 13.7. The number of aromatic nitrogens is 2. The lowest BCUT2D eigenvalue weighted by molar-refractivity contribution is -0.143. The molecule has 0 saturated heterocycles. The third kappa shape index (κ3) is 3.83. The van der Waals surface area contributed by atoms with Crippen molar-refractivity contribution >= 4 is 17.5 Å². The molecular formula is C23H19F6N3OS. The molecule has 2 aromatic rings. The first-order valence-electron chi connectivity index (χ1n) is 10.7. The highest BCUT2D eigenvalue weighted by atomic mass is 32.2. The van der Waals surface area contributed by atoms with Crippen molar-refractivity contribution in [3.05, 3.63) is 68.7 Å². The Bertz CT molecular complexity index is 1250. The summed E-state index contributed by atoms with van der Waals surface area (Å²) >= 11 is 1.59. The number of aryl methyl sites for hydroxylation is 1. The van der Waals surface area contributed by atoms with Gasteiger partial charge in [-0.25, -0.2) is 4.68 Å². The second-order valence-electron chi connectivity index (χ2n) is 8.54. The van der Waals surface area contributed by atoms with E-state index in [-0.39, 0.29) is 17.5 Å². The molecule has 0 fully saturated rings. The molecule has 1 aromatic heterocycles. The van der Waals surface area contributed by atoms with E-state index >= 15 is 0 Å². The number of benzene rings is 1.